The highest BCUT2D eigenvalue weighted by Crippen LogP contribution is 2.25. The fourth-order valence-corrected chi connectivity index (χ4v) is 18.9. The summed E-state index contributed by atoms with van der Waals surface area (Å²) < 4.78 is 18.6. The third-order valence-corrected chi connectivity index (χ3v) is 16.5. The molecular formula is C18H41O3Si4. The quantitative estimate of drug-likeness (QED) is 0.150. The Kier molecular flexibility index (Phi) is 10.4. The van der Waals surface area contributed by atoms with E-state index in [4.69, 9.17) is 13.0 Å². The fourth-order valence-electron chi connectivity index (χ4n) is 2.72. The first-order chi connectivity index (χ1) is 11.1. The highest BCUT2D eigenvalue weighted by Gasteiger charge is 2.33. The second-order valence-corrected chi connectivity index (χ2v) is 25.0. The molecule has 0 aliphatic heterocycles. The largest absolute Gasteiger partial charge is 0.494 e. The average molecular weight is 418 g/mol. The topological polar surface area (TPSA) is 27.7 Å². The van der Waals surface area contributed by atoms with Crippen molar-refractivity contribution < 1.29 is 13.0 Å². The molecule has 0 aromatic carbocycles. The number of allylic oxidation sites excluding steroid dienone is 1. The maximum atomic E-state index is 6.71. The summed E-state index contributed by atoms with van der Waals surface area (Å²) in [6, 6.07) is 3.55. The minimum absolute atomic E-state index is 0.679. The van der Waals surface area contributed by atoms with Crippen LogP contribution in [0.4, 0.5) is 0 Å². The van der Waals surface area contributed by atoms with Gasteiger partial charge in [0, 0.05) is 0 Å². The van der Waals surface area contributed by atoms with Gasteiger partial charge in [-0.1, -0.05) is 13.2 Å². The predicted molar refractivity (Wildman–Crippen MR) is 121 cm³/mol. The second-order valence-electron chi connectivity index (χ2n) is 9.19. The predicted octanol–water partition coefficient (Wildman–Crippen LogP) is 6.38. The molecule has 0 rings (SSSR count). The van der Waals surface area contributed by atoms with Gasteiger partial charge in [-0.15, -0.1) is 0 Å². The van der Waals surface area contributed by atoms with Crippen LogP contribution in [0, 0.1) is 0 Å². The van der Waals surface area contributed by atoms with Gasteiger partial charge in [-0.3, -0.25) is 0 Å². The first-order valence-corrected chi connectivity index (χ1v) is 21.1. The van der Waals surface area contributed by atoms with E-state index in [1.165, 1.54) is 12.1 Å². The smallest absolute Gasteiger partial charge is 0.194 e. The standard InChI is InChI=1S/C18H41O3Si4/c1-17(2)18(3)19-13-12-15-24(8,9)21-25(10,11)16-14-22(4)20-23(5,6)7/h1,3,12-16H2,2,4-11H3. The van der Waals surface area contributed by atoms with Crippen LogP contribution >= 0.6 is 0 Å². The molecule has 147 valence electrons. The molecule has 25 heavy (non-hydrogen) atoms. The summed E-state index contributed by atoms with van der Waals surface area (Å²) in [5, 5.41) is 0. The Hall–Kier alpha value is 0.0675. The van der Waals surface area contributed by atoms with Crippen LogP contribution in [0.25, 0.3) is 0 Å². The monoisotopic (exact) mass is 417 g/mol. The summed E-state index contributed by atoms with van der Waals surface area (Å²) >= 11 is 0. The molecule has 3 nitrogen and oxygen atoms in total. The Balaban J connectivity index is 4.27. The Morgan fingerprint density at radius 2 is 1.44 bits per heavy atom. The molecule has 0 atom stereocenters. The zero-order valence-electron chi connectivity index (χ0n) is 18.2. The lowest BCUT2D eigenvalue weighted by atomic mass is 10.3. The lowest BCUT2D eigenvalue weighted by molar-refractivity contribution is 0.221. The van der Waals surface area contributed by atoms with Gasteiger partial charge in [0.25, 0.3) is 0 Å². The summed E-state index contributed by atoms with van der Waals surface area (Å²) in [5.74, 6) is 0.704. The molecular weight excluding hydrogens is 377 g/mol. The van der Waals surface area contributed by atoms with Crippen molar-refractivity contribution in [2.75, 3.05) is 6.61 Å². The van der Waals surface area contributed by atoms with Gasteiger partial charge in [-0.05, 0) is 89.4 Å². The van der Waals surface area contributed by atoms with Crippen LogP contribution in [-0.2, 0) is 13.0 Å². The van der Waals surface area contributed by atoms with Crippen LogP contribution in [0.15, 0.2) is 24.5 Å². The first kappa shape index (κ1) is 25.1. The van der Waals surface area contributed by atoms with E-state index in [1.807, 2.05) is 6.92 Å². The van der Waals surface area contributed by atoms with Gasteiger partial charge in [-0.2, -0.15) is 0 Å². The minimum Gasteiger partial charge on any atom is -0.494 e. The van der Waals surface area contributed by atoms with E-state index in [1.54, 1.807) is 0 Å². The third kappa shape index (κ3) is 13.9. The fraction of sp³-hybridized carbons (Fsp3) is 0.778. The lowest BCUT2D eigenvalue weighted by Crippen LogP contribution is -2.45. The van der Waals surface area contributed by atoms with Gasteiger partial charge in [-0.25, -0.2) is 0 Å². The first-order valence-electron chi connectivity index (χ1n) is 9.33. The molecule has 0 aromatic rings. The Morgan fingerprint density at radius 3 is 1.92 bits per heavy atom. The summed E-state index contributed by atoms with van der Waals surface area (Å²) in [7, 11) is -5.35. The van der Waals surface area contributed by atoms with E-state index in [-0.39, 0.29) is 0 Å². The zero-order valence-corrected chi connectivity index (χ0v) is 22.2. The van der Waals surface area contributed by atoms with Crippen LogP contribution in [0.1, 0.15) is 13.3 Å². The molecule has 1 radical (unpaired) electrons. The van der Waals surface area contributed by atoms with Crippen molar-refractivity contribution in [1.82, 2.24) is 0 Å². The number of ether oxygens (including phenoxy) is 1. The SMILES string of the molecule is C=C(C)C(=C)OCCC[Si](C)(C)O[Si](C)(C)CC[Si](C)O[Si](C)(C)C. The van der Waals surface area contributed by atoms with Gasteiger partial charge >= 0.3 is 0 Å². The van der Waals surface area contributed by atoms with E-state index >= 15 is 0 Å². The van der Waals surface area contributed by atoms with E-state index in [0.29, 0.717) is 12.4 Å². The molecule has 0 aliphatic rings. The number of hydrogen-bond acceptors (Lipinski definition) is 3. The highest BCUT2D eigenvalue weighted by molar-refractivity contribution is 6.85. The molecule has 0 spiro atoms. The van der Waals surface area contributed by atoms with Crippen molar-refractivity contribution in [2.45, 2.75) is 83.9 Å². The van der Waals surface area contributed by atoms with Gasteiger partial charge in [0.2, 0.25) is 0 Å². The molecule has 0 saturated carbocycles. The molecule has 0 unspecified atom stereocenters. The van der Waals surface area contributed by atoms with E-state index < -0.39 is 34.0 Å². The Morgan fingerprint density at radius 1 is 0.920 bits per heavy atom. The maximum Gasteiger partial charge on any atom is 0.194 e. The minimum atomic E-state index is -1.65. The van der Waals surface area contributed by atoms with E-state index in [2.05, 4.69) is 65.5 Å². The van der Waals surface area contributed by atoms with Crippen LogP contribution in [0.5, 0.6) is 0 Å². The molecule has 7 heteroatoms. The van der Waals surface area contributed by atoms with Gasteiger partial charge in [0.15, 0.2) is 34.0 Å². The lowest BCUT2D eigenvalue weighted by Gasteiger charge is -2.35. The summed E-state index contributed by atoms with van der Waals surface area (Å²) in [6.45, 7) is 28.9. The third-order valence-electron chi connectivity index (χ3n) is 3.79. The van der Waals surface area contributed by atoms with Gasteiger partial charge in [0.05, 0.1) is 6.61 Å². The van der Waals surface area contributed by atoms with Crippen LogP contribution in [-0.4, -0.2) is 40.6 Å². The maximum absolute atomic E-state index is 6.71. The van der Waals surface area contributed by atoms with Crippen molar-refractivity contribution in [3.8, 4) is 0 Å². The van der Waals surface area contributed by atoms with Gasteiger partial charge in [0.1, 0.15) is 5.76 Å². The summed E-state index contributed by atoms with van der Waals surface area (Å²) in [4.78, 5) is 0. The molecule has 0 aliphatic carbocycles. The van der Waals surface area contributed by atoms with Crippen molar-refractivity contribution in [3.05, 3.63) is 24.5 Å². The average Bonchev–Trinajstić information content (AvgIpc) is 2.38. The molecule has 0 fully saturated rings. The van der Waals surface area contributed by atoms with Crippen LogP contribution in [0.3, 0.4) is 0 Å². The van der Waals surface area contributed by atoms with E-state index in [0.717, 1.165) is 18.0 Å². The molecule has 0 N–H and O–H groups in total. The molecule has 0 saturated heterocycles. The summed E-state index contributed by atoms with van der Waals surface area (Å²) in [6.07, 6.45) is 1.03. The van der Waals surface area contributed by atoms with E-state index in [9.17, 15) is 0 Å². The number of hydrogen-bond donors (Lipinski definition) is 0. The molecule has 0 amide bonds. The normalized spacial score (nSPS) is 13.2. The van der Waals surface area contributed by atoms with Crippen molar-refractivity contribution in [3.63, 3.8) is 0 Å². The van der Waals surface area contributed by atoms with Crippen molar-refractivity contribution in [2.24, 2.45) is 0 Å². The highest BCUT2D eigenvalue weighted by atomic mass is 28.4. The molecule has 0 aromatic heterocycles. The van der Waals surface area contributed by atoms with Crippen LogP contribution < -0.4 is 0 Å². The Bertz CT molecular complexity index is 442. The number of rotatable bonds is 13. The molecule has 0 heterocycles. The molecule has 0 bridgehead atoms. The van der Waals surface area contributed by atoms with Crippen molar-refractivity contribution in [1.29, 1.82) is 0 Å². The summed E-state index contributed by atoms with van der Waals surface area (Å²) in [5.41, 5.74) is 0.902. The van der Waals surface area contributed by atoms with Gasteiger partial charge < -0.3 is 13.0 Å². The van der Waals surface area contributed by atoms with Crippen LogP contribution in [0.2, 0.25) is 70.5 Å². The van der Waals surface area contributed by atoms with Crippen molar-refractivity contribution >= 4 is 34.0 Å². The zero-order chi connectivity index (χ0) is 19.9. The Labute approximate surface area is 162 Å². The second kappa shape index (κ2) is 10.4.